The van der Waals surface area contributed by atoms with E-state index in [0.29, 0.717) is 6.04 Å². The lowest BCUT2D eigenvalue weighted by molar-refractivity contribution is -0.148. The molecule has 0 aromatic carbocycles. The van der Waals surface area contributed by atoms with Gasteiger partial charge in [-0.15, -0.1) is 0 Å². The van der Waals surface area contributed by atoms with Crippen LogP contribution in [-0.4, -0.2) is 49.2 Å². The smallest absolute Gasteiger partial charge is 0.325 e. The molecule has 1 aliphatic heterocycles. The van der Waals surface area contributed by atoms with E-state index in [4.69, 9.17) is 4.74 Å². The highest BCUT2D eigenvalue weighted by Gasteiger charge is 2.38. The Morgan fingerprint density at radius 3 is 2.58 bits per heavy atom. The quantitative estimate of drug-likeness (QED) is 0.539. The average Bonchev–Trinajstić information content (AvgIpc) is 3.06. The lowest BCUT2D eigenvalue weighted by Gasteiger charge is -2.28. The largest absolute Gasteiger partial charge is 0.468 e. The second kappa shape index (κ2) is 6.71. The maximum absolute atomic E-state index is 12.0. The first-order chi connectivity index (χ1) is 9.14. The molecule has 0 aromatic rings. The summed E-state index contributed by atoms with van der Waals surface area (Å²) >= 11 is 0. The summed E-state index contributed by atoms with van der Waals surface area (Å²) in [6, 6.07) is 0.530. The van der Waals surface area contributed by atoms with E-state index < -0.39 is 5.54 Å². The molecule has 2 fully saturated rings. The molecule has 19 heavy (non-hydrogen) atoms. The summed E-state index contributed by atoms with van der Waals surface area (Å²) in [4.78, 5) is 14.5. The van der Waals surface area contributed by atoms with Gasteiger partial charge in [0, 0.05) is 6.04 Å². The van der Waals surface area contributed by atoms with Gasteiger partial charge in [0.05, 0.1) is 7.11 Å². The van der Waals surface area contributed by atoms with Gasteiger partial charge in [-0.2, -0.15) is 0 Å². The molecule has 1 saturated carbocycles. The Bertz CT molecular complexity index is 299. The van der Waals surface area contributed by atoms with Crippen LogP contribution in [-0.2, 0) is 9.53 Å². The number of carbonyl (C=O) groups excluding carboxylic acids is 1. The third kappa shape index (κ3) is 4.46. The number of rotatable bonds is 8. The molecule has 0 aromatic heterocycles. The van der Waals surface area contributed by atoms with Gasteiger partial charge in [0.25, 0.3) is 0 Å². The van der Waals surface area contributed by atoms with E-state index in [0.717, 1.165) is 12.8 Å². The second-order valence-corrected chi connectivity index (χ2v) is 6.25. The van der Waals surface area contributed by atoms with Crippen molar-refractivity contribution in [3.8, 4) is 0 Å². The Balaban J connectivity index is 1.70. The molecule has 110 valence electrons. The van der Waals surface area contributed by atoms with Gasteiger partial charge in [0.1, 0.15) is 5.54 Å². The van der Waals surface area contributed by atoms with Crippen LogP contribution in [0.3, 0.4) is 0 Å². The SMILES string of the molecule is COC(=O)C(C)(CCCCN1CCCC1)NC1CC1. The molecule has 0 spiro atoms. The predicted molar refractivity (Wildman–Crippen MR) is 76.1 cm³/mol. The molecule has 0 bridgehead atoms. The lowest BCUT2D eigenvalue weighted by Crippen LogP contribution is -2.51. The predicted octanol–water partition coefficient (Wildman–Crippen LogP) is 1.94. The molecular weight excluding hydrogens is 240 g/mol. The van der Waals surface area contributed by atoms with E-state index in [1.54, 1.807) is 0 Å². The van der Waals surface area contributed by atoms with Crippen LogP contribution in [0, 0.1) is 0 Å². The number of methoxy groups -OCH3 is 1. The van der Waals surface area contributed by atoms with Gasteiger partial charge >= 0.3 is 5.97 Å². The lowest BCUT2D eigenvalue weighted by atomic mass is 9.94. The van der Waals surface area contributed by atoms with Crippen LogP contribution in [0.15, 0.2) is 0 Å². The Morgan fingerprint density at radius 1 is 1.32 bits per heavy atom. The fourth-order valence-electron chi connectivity index (χ4n) is 2.96. The molecule has 1 saturated heterocycles. The summed E-state index contributed by atoms with van der Waals surface area (Å²) in [7, 11) is 1.49. The van der Waals surface area contributed by atoms with E-state index >= 15 is 0 Å². The van der Waals surface area contributed by atoms with Crippen molar-refractivity contribution in [3.63, 3.8) is 0 Å². The van der Waals surface area contributed by atoms with Crippen LogP contribution in [0.1, 0.15) is 51.9 Å². The van der Waals surface area contributed by atoms with Gasteiger partial charge in [-0.3, -0.25) is 10.1 Å². The van der Waals surface area contributed by atoms with Crippen molar-refractivity contribution in [3.05, 3.63) is 0 Å². The number of unbranched alkanes of at least 4 members (excludes halogenated alkanes) is 1. The molecule has 0 amide bonds. The zero-order valence-electron chi connectivity index (χ0n) is 12.4. The molecular formula is C15H28N2O2. The number of hydrogen-bond acceptors (Lipinski definition) is 4. The number of esters is 1. The molecule has 2 aliphatic rings. The maximum atomic E-state index is 12.0. The molecule has 1 aliphatic carbocycles. The number of ether oxygens (including phenoxy) is 1. The first-order valence-electron chi connectivity index (χ1n) is 7.72. The first kappa shape index (κ1) is 14.8. The highest BCUT2D eigenvalue weighted by atomic mass is 16.5. The summed E-state index contributed by atoms with van der Waals surface area (Å²) in [5.74, 6) is -0.111. The molecule has 2 rings (SSSR count). The molecule has 4 heteroatoms. The highest BCUT2D eigenvalue weighted by molar-refractivity contribution is 5.80. The maximum Gasteiger partial charge on any atom is 0.325 e. The Hall–Kier alpha value is -0.610. The molecule has 1 atom stereocenters. The van der Waals surface area contributed by atoms with Crippen LogP contribution in [0.25, 0.3) is 0 Å². The van der Waals surface area contributed by atoms with Gasteiger partial charge in [-0.05, 0) is 71.5 Å². The zero-order chi connectivity index (χ0) is 13.7. The van der Waals surface area contributed by atoms with Gasteiger partial charge in [0.2, 0.25) is 0 Å². The van der Waals surface area contributed by atoms with Crippen LogP contribution in [0.4, 0.5) is 0 Å². The monoisotopic (exact) mass is 268 g/mol. The summed E-state index contributed by atoms with van der Waals surface area (Å²) in [6.07, 6.45) is 8.23. The Kier molecular flexibility index (Phi) is 5.22. The van der Waals surface area contributed by atoms with Crippen molar-refractivity contribution >= 4 is 5.97 Å². The van der Waals surface area contributed by atoms with Crippen molar-refractivity contribution in [2.45, 2.75) is 63.5 Å². The molecule has 1 heterocycles. The van der Waals surface area contributed by atoms with Gasteiger partial charge in [-0.25, -0.2) is 0 Å². The van der Waals surface area contributed by atoms with Gasteiger partial charge in [0.15, 0.2) is 0 Å². The number of nitrogens with one attached hydrogen (secondary N) is 1. The fraction of sp³-hybridized carbons (Fsp3) is 0.933. The van der Waals surface area contributed by atoms with Crippen LogP contribution < -0.4 is 5.32 Å². The highest BCUT2D eigenvalue weighted by Crippen LogP contribution is 2.26. The zero-order valence-corrected chi connectivity index (χ0v) is 12.4. The Morgan fingerprint density at radius 2 is 2.00 bits per heavy atom. The van der Waals surface area contributed by atoms with Crippen molar-refractivity contribution in [1.82, 2.24) is 10.2 Å². The molecule has 1 N–H and O–H groups in total. The van der Waals surface area contributed by atoms with Crippen molar-refractivity contribution < 1.29 is 9.53 Å². The number of likely N-dealkylation sites (tertiary alicyclic amines) is 1. The van der Waals surface area contributed by atoms with E-state index in [1.165, 1.54) is 58.8 Å². The second-order valence-electron chi connectivity index (χ2n) is 6.25. The summed E-state index contributed by atoms with van der Waals surface area (Å²) in [5.41, 5.74) is -0.485. The summed E-state index contributed by atoms with van der Waals surface area (Å²) in [6.45, 7) is 5.69. The minimum absolute atomic E-state index is 0.111. The van der Waals surface area contributed by atoms with E-state index in [9.17, 15) is 4.79 Å². The minimum atomic E-state index is -0.485. The van der Waals surface area contributed by atoms with Crippen LogP contribution in [0.2, 0.25) is 0 Å². The minimum Gasteiger partial charge on any atom is -0.468 e. The van der Waals surface area contributed by atoms with Crippen molar-refractivity contribution in [2.24, 2.45) is 0 Å². The molecule has 4 nitrogen and oxygen atoms in total. The Labute approximate surface area is 116 Å². The molecule has 1 unspecified atom stereocenters. The normalized spacial score (nSPS) is 23.3. The topological polar surface area (TPSA) is 41.6 Å². The third-order valence-electron chi connectivity index (χ3n) is 4.34. The van der Waals surface area contributed by atoms with E-state index in [1.807, 2.05) is 6.92 Å². The van der Waals surface area contributed by atoms with Crippen LogP contribution in [0.5, 0.6) is 0 Å². The number of nitrogens with zero attached hydrogens (tertiary/aromatic N) is 1. The van der Waals surface area contributed by atoms with E-state index in [-0.39, 0.29) is 5.97 Å². The summed E-state index contributed by atoms with van der Waals surface area (Å²) in [5, 5.41) is 3.46. The van der Waals surface area contributed by atoms with Gasteiger partial charge < -0.3 is 9.64 Å². The average molecular weight is 268 g/mol. The van der Waals surface area contributed by atoms with Crippen LogP contribution >= 0.6 is 0 Å². The van der Waals surface area contributed by atoms with Crippen molar-refractivity contribution in [1.29, 1.82) is 0 Å². The third-order valence-corrected chi connectivity index (χ3v) is 4.34. The molecule has 0 radical (unpaired) electrons. The fourth-order valence-corrected chi connectivity index (χ4v) is 2.96. The summed E-state index contributed by atoms with van der Waals surface area (Å²) < 4.78 is 4.96. The number of hydrogen-bond donors (Lipinski definition) is 1. The number of carbonyl (C=O) groups is 1. The first-order valence-corrected chi connectivity index (χ1v) is 7.72. The standard InChI is InChI=1S/C15H28N2O2/c1-15(14(18)19-2,16-13-7-8-13)9-3-4-10-17-11-5-6-12-17/h13,16H,3-12H2,1-2H3. The van der Waals surface area contributed by atoms with Gasteiger partial charge in [-0.1, -0.05) is 0 Å². The van der Waals surface area contributed by atoms with E-state index in [2.05, 4.69) is 10.2 Å². The van der Waals surface area contributed by atoms with Crippen molar-refractivity contribution in [2.75, 3.05) is 26.7 Å².